The first-order valence-corrected chi connectivity index (χ1v) is 34.3. The number of anilines is 1. The fraction of sp³-hybridized carbons (Fsp3) is 0.485. The van der Waals surface area contributed by atoms with Crippen LogP contribution in [-0.4, -0.2) is 189 Å². The zero-order valence-electron chi connectivity index (χ0n) is 57.7. The van der Waals surface area contributed by atoms with E-state index in [1.54, 1.807) is 62.6 Å². The number of primary amides is 1. The van der Waals surface area contributed by atoms with Crippen LogP contribution in [0.25, 0.3) is 11.0 Å². The summed E-state index contributed by atoms with van der Waals surface area (Å²) >= 11 is 1.23. The number of rotatable bonds is 47. The first-order valence-electron chi connectivity index (χ1n) is 32.9. The van der Waals surface area contributed by atoms with Crippen molar-refractivity contribution in [1.29, 1.82) is 0 Å². The molecule has 17 N–H and O–H groups in total. The van der Waals surface area contributed by atoms with E-state index in [-0.39, 0.29) is 80.6 Å². The molecule has 0 aliphatic carbocycles. The van der Waals surface area contributed by atoms with Crippen LogP contribution in [0.4, 0.5) is 17.1 Å². The van der Waals surface area contributed by atoms with Gasteiger partial charge in [0.15, 0.2) is 0 Å². The van der Waals surface area contributed by atoms with Gasteiger partial charge in [-0.1, -0.05) is 44.2 Å². The average Bonchev–Trinajstić information content (AvgIpc) is 0.792. The highest BCUT2D eigenvalue weighted by molar-refractivity contribution is 7.98. The van der Waals surface area contributed by atoms with Crippen LogP contribution < -0.4 is 75.0 Å². The lowest BCUT2D eigenvalue weighted by molar-refractivity contribution is -0.393. The summed E-state index contributed by atoms with van der Waals surface area (Å²) in [7, 11) is 1.40. The molecule has 0 spiro atoms. The Morgan fingerprint density at radius 1 is 0.577 bits per heavy atom. The van der Waals surface area contributed by atoms with Crippen molar-refractivity contribution in [3.8, 4) is 5.75 Å². The molecule has 104 heavy (non-hydrogen) atoms. The maximum Gasteiger partial charge on any atom is 0.336 e. The van der Waals surface area contributed by atoms with Crippen molar-refractivity contribution in [2.45, 2.75) is 165 Å². The number of nitrogens with one attached hydrogen (secondary N) is 10. The number of nitrogens with zero attached hydrogens (tertiary/aromatic N) is 2. The Morgan fingerprint density at radius 3 is 1.69 bits per heavy atom. The molecule has 37 nitrogen and oxygen atoms in total. The highest BCUT2D eigenvalue weighted by Crippen LogP contribution is 2.29. The van der Waals surface area contributed by atoms with Gasteiger partial charge in [0.1, 0.15) is 71.4 Å². The molecular formula is C66H88N14O23S. The molecule has 1 aromatic heterocycles. The Bertz CT molecular complexity index is 3800. The second-order valence-corrected chi connectivity index (χ2v) is 25.3. The monoisotopic (exact) mass is 1480 g/mol. The summed E-state index contributed by atoms with van der Waals surface area (Å²) in [6.45, 7) is 4.42. The van der Waals surface area contributed by atoms with Crippen LogP contribution in [0.15, 0.2) is 82.0 Å². The predicted octanol–water partition coefficient (Wildman–Crippen LogP) is 0.296. The van der Waals surface area contributed by atoms with Gasteiger partial charge in [0.25, 0.3) is 11.4 Å². The van der Waals surface area contributed by atoms with Crippen LogP contribution in [-0.2, 0) is 75.2 Å². The van der Waals surface area contributed by atoms with E-state index < -0.39 is 203 Å². The van der Waals surface area contributed by atoms with Crippen LogP contribution in [0.2, 0.25) is 0 Å². The lowest BCUT2D eigenvalue weighted by atomic mass is 10.00. The van der Waals surface area contributed by atoms with E-state index >= 15 is 0 Å². The van der Waals surface area contributed by atoms with Gasteiger partial charge in [-0.25, -0.2) is 4.79 Å². The fourth-order valence-corrected chi connectivity index (χ4v) is 10.9. The van der Waals surface area contributed by atoms with Gasteiger partial charge >= 0.3 is 23.5 Å². The van der Waals surface area contributed by atoms with Gasteiger partial charge in [-0.05, 0) is 119 Å². The van der Waals surface area contributed by atoms with Crippen molar-refractivity contribution >= 4 is 117 Å². The van der Waals surface area contributed by atoms with Crippen molar-refractivity contribution < 1.29 is 96.6 Å². The van der Waals surface area contributed by atoms with Gasteiger partial charge in [0, 0.05) is 49.4 Å². The molecule has 0 aliphatic heterocycles. The maximum atomic E-state index is 14.3. The Labute approximate surface area is 599 Å². The van der Waals surface area contributed by atoms with E-state index in [9.17, 15) is 103 Å². The molecule has 0 bridgehead atoms. The lowest BCUT2D eigenvalue weighted by Gasteiger charge is -2.28. The molecule has 566 valence electrons. The number of amides is 10. The third kappa shape index (κ3) is 28.6. The summed E-state index contributed by atoms with van der Waals surface area (Å²) < 4.78 is 10.5. The Kier molecular flexibility index (Phi) is 35.0. The second-order valence-electron chi connectivity index (χ2n) is 24.3. The SMILES string of the molecule is COc1ccc2c(CC(=O)NC(CCC(=O)O)C(=O)NC(C(=O)NC(CCCCN)C(=O)NC(CCSC)C(=O)NC(CC(=O)O)C(=O)NC(C)C(=O)NC(CCC(=O)O)C(=O)NC(Cc3ccccc3)C(=O)NC(CCCCNc3ccc([N+](=O)[O-])cc3[N+](=O)[O-])C(N)=O)C(C)C)cc(=O)oc2c1. The number of ether oxygens (including phenoxy) is 1. The number of carboxylic acid groups (broad SMARTS) is 3. The number of unbranched alkanes of at least 4 members (excludes halogenated alkanes) is 2. The molecule has 1 heterocycles. The number of carboxylic acids is 3. The number of nitro groups is 2. The normalized spacial score (nSPS) is 13.6. The number of carbonyl (C=O) groups excluding carboxylic acids is 10. The third-order valence-corrected chi connectivity index (χ3v) is 16.6. The number of aliphatic carboxylic acids is 3. The molecule has 0 aliphatic rings. The molecule has 3 aromatic carbocycles. The highest BCUT2D eigenvalue weighted by atomic mass is 32.2. The van der Waals surface area contributed by atoms with Crippen LogP contribution in [0.3, 0.4) is 0 Å². The first kappa shape index (κ1) is 85.1. The van der Waals surface area contributed by atoms with Gasteiger partial charge < -0.3 is 89.1 Å². The van der Waals surface area contributed by atoms with Crippen LogP contribution in [0, 0.1) is 26.1 Å². The molecule has 9 unspecified atom stereocenters. The van der Waals surface area contributed by atoms with Crippen molar-refractivity contribution in [3.63, 3.8) is 0 Å². The largest absolute Gasteiger partial charge is 0.497 e. The Balaban J connectivity index is 1.48. The predicted molar refractivity (Wildman–Crippen MR) is 374 cm³/mol. The van der Waals surface area contributed by atoms with E-state index in [2.05, 4.69) is 53.2 Å². The van der Waals surface area contributed by atoms with Crippen molar-refractivity contribution in [2.75, 3.05) is 37.5 Å². The highest BCUT2D eigenvalue weighted by Gasteiger charge is 2.37. The number of methoxy groups -OCH3 is 1. The number of benzene rings is 3. The molecular weight excluding hydrogens is 1390 g/mol. The van der Waals surface area contributed by atoms with Gasteiger partial charge in [0.05, 0.1) is 35.9 Å². The maximum absolute atomic E-state index is 14.3. The standard InChI is InChI=1S/C66H88N14O23S/c1-35(2)57(78-63(94)45(21-23-53(82)83)71-52(81)30-38-31-56(88)103-51-33-40(102-4)18-19-41(38)51)66(97)75-44(16-9-11-26-67)60(91)74-47(25-28-104-5)62(93)77-49(34-55(86)87)64(95)70-36(3)59(90)73-46(22-24-54(84)85)61(92)76-48(29-37-13-7-6-8-14-37)65(96)72-43(58(68)89)15-10-12-27-69-42-20-17-39(79(98)99)32-50(42)80(100)101/h6-8,13-14,17-20,31-33,35-36,43-49,57,69H,9-12,15-16,21-30,34,67H2,1-5H3,(H2,68,89)(H,70,95)(H,71,81)(H,72,96)(H,73,90)(H,74,91)(H,75,97)(H,76,92)(H,77,93)(H,78,94)(H,82,83)(H,84,85)(H,86,87). The summed E-state index contributed by atoms with van der Waals surface area (Å²) in [4.78, 5) is 209. The zero-order chi connectivity index (χ0) is 77.3. The molecule has 10 amide bonds. The minimum absolute atomic E-state index is 0.0182. The van der Waals surface area contributed by atoms with E-state index in [4.69, 9.17) is 20.6 Å². The molecule has 0 saturated carbocycles. The number of non-ortho nitro benzene ring substituents is 1. The summed E-state index contributed by atoms with van der Waals surface area (Å²) in [5.41, 5.74) is 10.3. The summed E-state index contributed by atoms with van der Waals surface area (Å²) in [6.07, 6.45) is -1.88. The Hall–Kier alpha value is -11.3. The topological polar surface area (TPSA) is 581 Å². The first-order chi connectivity index (χ1) is 49.2. The van der Waals surface area contributed by atoms with E-state index in [0.29, 0.717) is 23.1 Å². The molecule has 9 atom stereocenters. The Morgan fingerprint density at radius 2 is 1.12 bits per heavy atom. The third-order valence-electron chi connectivity index (χ3n) is 16.0. The summed E-state index contributed by atoms with van der Waals surface area (Å²) in [6, 6.07) is 2.51. The summed E-state index contributed by atoms with van der Waals surface area (Å²) in [5.74, 6) is -14.8. The number of carbonyl (C=O) groups is 13. The van der Waals surface area contributed by atoms with Gasteiger partial charge in [0.2, 0.25) is 59.1 Å². The quantitative estimate of drug-likeness (QED) is 0.0122. The number of thioether (sulfide) groups is 1. The number of hydrogen-bond donors (Lipinski definition) is 15. The van der Waals surface area contributed by atoms with Crippen LogP contribution in [0.1, 0.15) is 109 Å². The number of nitro benzene ring substituents is 2. The molecule has 4 rings (SSSR count). The van der Waals surface area contributed by atoms with Gasteiger partial charge in [-0.2, -0.15) is 11.8 Å². The zero-order valence-corrected chi connectivity index (χ0v) is 58.5. The molecule has 4 aromatic rings. The number of fused-ring (bicyclic) bond motifs is 1. The van der Waals surface area contributed by atoms with Crippen molar-refractivity contribution in [3.05, 3.63) is 115 Å². The minimum Gasteiger partial charge on any atom is -0.497 e. The van der Waals surface area contributed by atoms with Crippen LogP contribution >= 0.6 is 11.8 Å². The minimum atomic E-state index is -1.97. The van der Waals surface area contributed by atoms with Gasteiger partial charge in [-0.3, -0.25) is 82.6 Å². The molecule has 0 radical (unpaired) electrons. The molecule has 38 heteroatoms. The van der Waals surface area contributed by atoms with E-state index in [1.807, 2.05) is 0 Å². The van der Waals surface area contributed by atoms with Gasteiger partial charge in [-0.15, -0.1) is 0 Å². The van der Waals surface area contributed by atoms with E-state index in [0.717, 1.165) is 31.2 Å². The van der Waals surface area contributed by atoms with Crippen LogP contribution in [0.5, 0.6) is 5.75 Å². The smallest absolute Gasteiger partial charge is 0.336 e. The van der Waals surface area contributed by atoms with Crippen molar-refractivity contribution in [2.24, 2.45) is 17.4 Å². The molecule has 0 fully saturated rings. The average molecular weight is 1480 g/mol. The molecule has 0 saturated heterocycles. The van der Waals surface area contributed by atoms with Crippen molar-refractivity contribution in [1.82, 2.24) is 47.9 Å². The second kappa shape index (κ2) is 42.8. The lowest BCUT2D eigenvalue weighted by Crippen LogP contribution is -2.61. The fourth-order valence-electron chi connectivity index (χ4n) is 10.4. The number of hydrogen-bond acceptors (Lipinski definition) is 23. The number of nitrogens with two attached hydrogens (primary N) is 2. The summed E-state index contributed by atoms with van der Waals surface area (Å²) in [5, 5.41) is 77.1. The van der Waals surface area contributed by atoms with E-state index in [1.165, 1.54) is 24.9 Å².